The lowest BCUT2D eigenvalue weighted by Crippen LogP contribution is -2.30. The summed E-state index contributed by atoms with van der Waals surface area (Å²) in [6.45, 7) is 5.38. The maximum Gasteiger partial charge on any atom is 0.257 e. The van der Waals surface area contributed by atoms with Crippen molar-refractivity contribution in [2.75, 3.05) is 26.9 Å². The summed E-state index contributed by atoms with van der Waals surface area (Å²) in [5.74, 6) is 0.620. The number of methoxy groups -OCH3 is 1. The van der Waals surface area contributed by atoms with Crippen LogP contribution in [0.15, 0.2) is 18.2 Å². The summed E-state index contributed by atoms with van der Waals surface area (Å²) in [5, 5.41) is 2.77. The molecule has 0 aliphatic carbocycles. The van der Waals surface area contributed by atoms with Gasteiger partial charge in [0.2, 0.25) is 0 Å². The van der Waals surface area contributed by atoms with Gasteiger partial charge in [-0.3, -0.25) is 4.79 Å². The van der Waals surface area contributed by atoms with E-state index in [1.54, 1.807) is 7.11 Å². The van der Waals surface area contributed by atoms with Gasteiger partial charge in [0, 0.05) is 20.3 Å². The van der Waals surface area contributed by atoms with Crippen LogP contribution in [0.5, 0.6) is 5.75 Å². The number of nitrogens with one attached hydrogen (secondary N) is 1. The summed E-state index contributed by atoms with van der Waals surface area (Å²) in [5.41, 5.74) is 2.37. The van der Waals surface area contributed by atoms with E-state index in [1.807, 2.05) is 32.0 Å². The topological polar surface area (TPSA) is 47.6 Å². The number of benzene rings is 1. The van der Waals surface area contributed by atoms with Crippen LogP contribution >= 0.6 is 0 Å². The molecule has 0 radical (unpaired) electrons. The molecule has 18 heavy (non-hydrogen) atoms. The summed E-state index contributed by atoms with van der Waals surface area (Å²) in [6, 6.07) is 5.80. The van der Waals surface area contributed by atoms with Crippen LogP contribution in [-0.4, -0.2) is 32.8 Å². The number of carbonyl (C=O) groups excluding carboxylic acids is 1. The van der Waals surface area contributed by atoms with E-state index in [0.29, 0.717) is 13.2 Å². The molecule has 1 rings (SSSR count). The highest BCUT2D eigenvalue weighted by atomic mass is 16.5. The quantitative estimate of drug-likeness (QED) is 0.752. The molecule has 0 saturated carbocycles. The van der Waals surface area contributed by atoms with Crippen molar-refractivity contribution in [1.29, 1.82) is 0 Å². The van der Waals surface area contributed by atoms with Crippen LogP contribution in [-0.2, 0) is 9.53 Å². The fraction of sp³-hybridized carbons (Fsp3) is 0.500. The van der Waals surface area contributed by atoms with E-state index < -0.39 is 0 Å². The summed E-state index contributed by atoms with van der Waals surface area (Å²) >= 11 is 0. The Kier molecular flexibility index (Phi) is 6.22. The molecule has 0 saturated heterocycles. The van der Waals surface area contributed by atoms with Gasteiger partial charge >= 0.3 is 0 Å². The summed E-state index contributed by atoms with van der Waals surface area (Å²) < 4.78 is 10.3. The Hall–Kier alpha value is -1.55. The standard InChI is InChI=1S/C14H21NO3/c1-11-5-6-13(9-12(11)2)18-10-14(16)15-7-4-8-17-3/h5-6,9H,4,7-8,10H2,1-3H3,(H,15,16). The highest BCUT2D eigenvalue weighted by Gasteiger charge is 2.02. The molecule has 1 aromatic rings. The molecule has 0 unspecified atom stereocenters. The molecule has 0 aliphatic rings. The van der Waals surface area contributed by atoms with Crippen LogP contribution < -0.4 is 10.1 Å². The van der Waals surface area contributed by atoms with Gasteiger partial charge in [-0.2, -0.15) is 0 Å². The molecule has 0 aromatic heterocycles. The molecule has 1 amide bonds. The number of aryl methyl sites for hydroxylation is 2. The maximum atomic E-state index is 11.5. The first-order valence-electron chi connectivity index (χ1n) is 6.09. The number of ether oxygens (including phenoxy) is 2. The van der Waals surface area contributed by atoms with Crippen LogP contribution in [0.1, 0.15) is 17.5 Å². The minimum absolute atomic E-state index is 0.0511. The lowest BCUT2D eigenvalue weighted by Gasteiger charge is -2.08. The molecular weight excluding hydrogens is 230 g/mol. The van der Waals surface area contributed by atoms with Crippen molar-refractivity contribution >= 4 is 5.91 Å². The second-order valence-corrected chi connectivity index (χ2v) is 4.23. The van der Waals surface area contributed by atoms with Gasteiger partial charge in [0.1, 0.15) is 5.75 Å². The first kappa shape index (κ1) is 14.5. The van der Waals surface area contributed by atoms with E-state index in [0.717, 1.165) is 17.7 Å². The number of hydrogen-bond donors (Lipinski definition) is 1. The number of hydrogen-bond acceptors (Lipinski definition) is 3. The molecule has 1 aromatic carbocycles. The SMILES string of the molecule is COCCCNC(=O)COc1ccc(C)c(C)c1. The predicted molar refractivity (Wildman–Crippen MR) is 70.9 cm³/mol. The van der Waals surface area contributed by atoms with Crippen molar-refractivity contribution in [2.24, 2.45) is 0 Å². The lowest BCUT2D eigenvalue weighted by molar-refractivity contribution is -0.123. The smallest absolute Gasteiger partial charge is 0.257 e. The van der Waals surface area contributed by atoms with Gasteiger partial charge in [0.05, 0.1) is 0 Å². The molecule has 4 nitrogen and oxygen atoms in total. The van der Waals surface area contributed by atoms with Gasteiger partial charge in [-0.15, -0.1) is 0 Å². The molecule has 0 bridgehead atoms. The van der Waals surface area contributed by atoms with E-state index in [4.69, 9.17) is 9.47 Å². The lowest BCUT2D eigenvalue weighted by atomic mass is 10.1. The summed E-state index contributed by atoms with van der Waals surface area (Å²) in [4.78, 5) is 11.5. The van der Waals surface area contributed by atoms with Crippen molar-refractivity contribution in [3.05, 3.63) is 29.3 Å². The third kappa shape index (κ3) is 5.19. The van der Waals surface area contributed by atoms with E-state index in [2.05, 4.69) is 5.32 Å². The Morgan fingerprint density at radius 3 is 2.72 bits per heavy atom. The van der Waals surface area contributed by atoms with Gasteiger partial charge in [-0.25, -0.2) is 0 Å². The van der Waals surface area contributed by atoms with Crippen LogP contribution in [0.25, 0.3) is 0 Å². The molecule has 1 N–H and O–H groups in total. The van der Waals surface area contributed by atoms with E-state index in [9.17, 15) is 4.79 Å². The van der Waals surface area contributed by atoms with Gasteiger partial charge < -0.3 is 14.8 Å². The van der Waals surface area contributed by atoms with Crippen molar-refractivity contribution in [3.63, 3.8) is 0 Å². The second kappa shape index (κ2) is 7.71. The molecule has 0 atom stereocenters. The normalized spacial score (nSPS) is 10.2. The van der Waals surface area contributed by atoms with E-state index >= 15 is 0 Å². The Bertz CT molecular complexity index is 391. The van der Waals surface area contributed by atoms with E-state index in [1.165, 1.54) is 5.56 Å². The summed E-state index contributed by atoms with van der Waals surface area (Å²) in [6.07, 6.45) is 0.811. The number of rotatable bonds is 7. The fourth-order valence-electron chi connectivity index (χ4n) is 1.45. The monoisotopic (exact) mass is 251 g/mol. The van der Waals surface area contributed by atoms with Gasteiger partial charge in [0.25, 0.3) is 5.91 Å². The van der Waals surface area contributed by atoms with Crippen molar-refractivity contribution in [2.45, 2.75) is 20.3 Å². The van der Waals surface area contributed by atoms with E-state index in [-0.39, 0.29) is 12.5 Å². The Morgan fingerprint density at radius 2 is 2.06 bits per heavy atom. The molecule has 0 spiro atoms. The maximum absolute atomic E-state index is 11.5. The average Bonchev–Trinajstić information content (AvgIpc) is 2.36. The third-order valence-electron chi connectivity index (χ3n) is 2.70. The zero-order valence-electron chi connectivity index (χ0n) is 11.3. The molecule has 4 heteroatoms. The zero-order valence-corrected chi connectivity index (χ0v) is 11.3. The van der Waals surface area contributed by atoms with Crippen LogP contribution in [0.3, 0.4) is 0 Å². The minimum Gasteiger partial charge on any atom is -0.484 e. The molecule has 100 valence electrons. The van der Waals surface area contributed by atoms with Crippen LogP contribution in [0.4, 0.5) is 0 Å². The number of carbonyl (C=O) groups is 1. The first-order chi connectivity index (χ1) is 8.63. The van der Waals surface area contributed by atoms with Crippen molar-refractivity contribution < 1.29 is 14.3 Å². The third-order valence-corrected chi connectivity index (χ3v) is 2.70. The molecular formula is C14H21NO3. The highest BCUT2D eigenvalue weighted by molar-refractivity contribution is 5.77. The molecule has 0 heterocycles. The second-order valence-electron chi connectivity index (χ2n) is 4.23. The zero-order chi connectivity index (χ0) is 13.4. The molecule has 0 fully saturated rings. The minimum atomic E-state index is -0.107. The largest absolute Gasteiger partial charge is 0.484 e. The summed E-state index contributed by atoms with van der Waals surface area (Å²) in [7, 11) is 1.64. The van der Waals surface area contributed by atoms with Gasteiger partial charge in [-0.05, 0) is 43.5 Å². The van der Waals surface area contributed by atoms with Gasteiger partial charge in [-0.1, -0.05) is 6.07 Å². The Morgan fingerprint density at radius 1 is 1.28 bits per heavy atom. The van der Waals surface area contributed by atoms with Crippen LogP contribution in [0.2, 0.25) is 0 Å². The van der Waals surface area contributed by atoms with Crippen molar-refractivity contribution in [1.82, 2.24) is 5.32 Å². The highest BCUT2D eigenvalue weighted by Crippen LogP contribution is 2.16. The Balaban J connectivity index is 2.27. The fourth-order valence-corrected chi connectivity index (χ4v) is 1.45. The number of amides is 1. The molecule has 0 aliphatic heterocycles. The first-order valence-corrected chi connectivity index (χ1v) is 6.09. The van der Waals surface area contributed by atoms with Gasteiger partial charge in [0.15, 0.2) is 6.61 Å². The van der Waals surface area contributed by atoms with Crippen molar-refractivity contribution in [3.8, 4) is 5.75 Å². The average molecular weight is 251 g/mol. The van der Waals surface area contributed by atoms with Crippen LogP contribution in [0, 0.1) is 13.8 Å². The Labute approximate surface area is 108 Å². The predicted octanol–water partition coefficient (Wildman–Crippen LogP) is 1.83.